The minimum atomic E-state index is -0.873. The second-order valence-electron chi connectivity index (χ2n) is 6.63. The van der Waals surface area contributed by atoms with E-state index in [9.17, 15) is 4.79 Å². The summed E-state index contributed by atoms with van der Waals surface area (Å²) < 4.78 is 11.3. The molecule has 2 aromatic carbocycles. The minimum Gasteiger partial charge on any atom is -0.489 e. The Labute approximate surface area is 176 Å². The van der Waals surface area contributed by atoms with Crippen LogP contribution >= 0.6 is 0 Å². The third kappa shape index (κ3) is 5.39. The van der Waals surface area contributed by atoms with Crippen molar-refractivity contribution in [2.24, 2.45) is 0 Å². The van der Waals surface area contributed by atoms with Gasteiger partial charge in [0.05, 0.1) is 30.7 Å². The Morgan fingerprint density at radius 3 is 2.43 bits per heavy atom. The zero-order valence-corrected chi connectivity index (χ0v) is 17.0. The van der Waals surface area contributed by atoms with E-state index in [4.69, 9.17) is 14.6 Å². The van der Waals surface area contributed by atoms with E-state index in [2.05, 4.69) is 16.8 Å². The molecule has 1 N–H and O–H groups in total. The zero-order valence-electron chi connectivity index (χ0n) is 17.0. The Bertz CT molecular complexity index is 1050. The van der Waals surface area contributed by atoms with Crippen LogP contribution in [0.25, 0.3) is 11.3 Å². The molecule has 5 nitrogen and oxygen atoms in total. The van der Waals surface area contributed by atoms with Crippen LogP contribution in [0.5, 0.6) is 11.6 Å². The normalized spacial score (nSPS) is 11.1. The summed E-state index contributed by atoms with van der Waals surface area (Å²) in [6.07, 6.45) is -0.0301. The van der Waals surface area contributed by atoms with Crippen LogP contribution < -0.4 is 9.47 Å². The molecule has 1 atom stereocenters. The van der Waals surface area contributed by atoms with E-state index in [-0.39, 0.29) is 12.3 Å². The van der Waals surface area contributed by atoms with E-state index >= 15 is 0 Å². The summed E-state index contributed by atoms with van der Waals surface area (Å²) in [5.41, 5.74) is 3.54. The first kappa shape index (κ1) is 20.9. The SMILES string of the molecule is CC#CC(CC(=O)O)c1ccc(OCc2ccc(-c3ccccc3)nc2OC)cc1. The van der Waals surface area contributed by atoms with Gasteiger partial charge in [0, 0.05) is 5.56 Å². The first-order valence-electron chi connectivity index (χ1n) is 9.57. The summed E-state index contributed by atoms with van der Waals surface area (Å²) in [5, 5.41) is 9.07. The Hall–Kier alpha value is -3.78. The molecule has 0 aliphatic rings. The third-order valence-electron chi connectivity index (χ3n) is 4.58. The van der Waals surface area contributed by atoms with Crippen LogP contribution in [-0.2, 0) is 11.4 Å². The fourth-order valence-electron chi connectivity index (χ4n) is 3.08. The number of methoxy groups -OCH3 is 1. The van der Waals surface area contributed by atoms with Gasteiger partial charge < -0.3 is 14.6 Å². The molecule has 0 amide bonds. The lowest BCUT2D eigenvalue weighted by atomic mass is 9.96. The van der Waals surface area contributed by atoms with E-state index < -0.39 is 5.97 Å². The zero-order chi connectivity index (χ0) is 21.3. The van der Waals surface area contributed by atoms with Gasteiger partial charge in [-0.25, -0.2) is 4.98 Å². The Balaban J connectivity index is 1.70. The Morgan fingerprint density at radius 1 is 1.07 bits per heavy atom. The number of benzene rings is 2. The van der Waals surface area contributed by atoms with E-state index in [1.54, 1.807) is 14.0 Å². The van der Waals surface area contributed by atoms with Gasteiger partial charge in [0.1, 0.15) is 12.4 Å². The smallest absolute Gasteiger partial charge is 0.304 e. The summed E-state index contributed by atoms with van der Waals surface area (Å²) in [4.78, 5) is 15.6. The first-order chi connectivity index (χ1) is 14.6. The third-order valence-corrected chi connectivity index (χ3v) is 4.58. The Kier molecular flexibility index (Phi) is 7.07. The highest BCUT2D eigenvalue weighted by atomic mass is 16.5. The van der Waals surface area contributed by atoms with Crippen molar-refractivity contribution in [1.29, 1.82) is 0 Å². The van der Waals surface area contributed by atoms with Gasteiger partial charge in [-0.3, -0.25) is 4.79 Å². The van der Waals surface area contributed by atoms with E-state index in [1.165, 1.54) is 0 Å². The van der Waals surface area contributed by atoms with Crippen molar-refractivity contribution >= 4 is 5.97 Å². The molecule has 30 heavy (non-hydrogen) atoms. The number of rotatable bonds is 8. The predicted molar refractivity (Wildman–Crippen MR) is 115 cm³/mol. The molecule has 0 saturated carbocycles. The number of aromatic nitrogens is 1. The summed E-state index contributed by atoms with van der Waals surface area (Å²) in [7, 11) is 1.59. The molecule has 5 heteroatoms. The molecule has 3 aromatic rings. The average Bonchev–Trinajstić information content (AvgIpc) is 2.78. The van der Waals surface area contributed by atoms with Gasteiger partial charge in [0.25, 0.3) is 0 Å². The summed E-state index contributed by atoms with van der Waals surface area (Å²) in [6.45, 7) is 2.01. The number of pyridine rings is 1. The minimum absolute atomic E-state index is 0.0301. The van der Waals surface area contributed by atoms with Gasteiger partial charge >= 0.3 is 5.97 Å². The lowest BCUT2D eigenvalue weighted by Gasteiger charge is -2.13. The highest BCUT2D eigenvalue weighted by Gasteiger charge is 2.13. The highest BCUT2D eigenvalue weighted by Crippen LogP contribution is 2.26. The maximum absolute atomic E-state index is 11.0. The second kappa shape index (κ2) is 10.1. The number of ether oxygens (including phenoxy) is 2. The molecule has 152 valence electrons. The monoisotopic (exact) mass is 401 g/mol. The van der Waals surface area contributed by atoms with Crippen LogP contribution in [-0.4, -0.2) is 23.2 Å². The van der Waals surface area contributed by atoms with Gasteiger partial charge in [-0.15, -0.1) is 5.92 Å². The van der Waals surface area contributed by atoms with Crippen LogP contribution in [0, 0.1) is 11.8 Å². The van der Waals surface area contributed by atoms with Crippen LogP contribution in [0.2, 0.25) is 0 Å². The van der Waals surface area contributed by atoms with E-state index in [0.29, 0.717) is 18.2 Å². The molecule has 3 rings (SSSR count). The number of hydrogen-bond acceptors (Lipinski definition) is 4. The van der Waals surface area contributed by atoms with Crippen LogP contribution in [0.3, 0.4) is 0 Å². The molecule has 1 unspecified atom stereocenters. The molecule has 0 aliphatic heterocycles. The first-order valence-corrected chi connectivity index (χ1v) is 9.57. The number of carboxylic acid groups (broad SMARTS) is 1. The van der Waals surface area contributed by atoms with E-state index in [0.717, 1.165) is 22.4 Å². The van der Waals surface area contributed by atoms with Crippen LogP contribution in [0.1, 0.15) is 30.4 Å². The van der Waals surface area contributed by atoms with Crippen molar-refractivity contribution in [3.8, 4) is 34.7 Å². The number of aliphatic carboxylic acids is 1. The van der Waals surface area contributed by atoms with Crippen LogP contribution in [0.15, 0.2) is 66.7 Å². The summed E-state index contributed by atoms with van der Waals surface area (Å²) in [6, 6.07) is 21.1. The molecule has 1 aromatic heterocycles. The maximum Gasteiger partial charge on any atom is 0.304 e. The molecule has 0 aliphatic carbocycles. The van der Waals surface area contributed by atoms with Crippen molar-refractivity contribution in [2.45, 2.75) is 25.9 Å². The van der Waals surface area contributed by atoms with Crippen molar-refractivity contribution in [3.63, 3.8) is 0 Å². The lowest BCUT2D eigenvalue weighted by Crippen LogP contribution is -2.05. The topological polar surface area (TPSA) is 68.7 Å². The molecule has 0 bridgehead atoms. The van der Waals surface area contributed by atoms with Crippen molar-refractivity contribution in [3.05, 3.63) is 77.9 Å². The standard InChI is InChI=1S/C25H23NO4/c1-3-7-20(16-24(27)28)18-10-13-22(14-11-18)30-17-21-12-15-23(26-25(21)29-2)19-8-5-4-6-9-19/h4-6,8-15,20H,16-17H2,1-2H3,(H,27,28). The van der Waals surface area contributed by atoms with E-state index in [1.807, 2.05) is 66.7 Å². The predicted octanol–water partition coefficient (Wildman–Crippen LogP) is 4.92. The van der Waals surface area contributed by atoms with Gasteiger partial charge in [-0.2, -0.15) is 0 Å². The fraction of sp³-hybridized carbons (Fsp3) is 0.200. The molecule has 0 fully saturated rings. The molecule has 1 heterocycles. The molecule has 0 spiro atoms. The van der Waals surface area contributed by atoms with Crippen LogP contribution in [0.4, 0.5) is 0 Å². The second-order valence-corrected chi connectivity index (χ2v) is 6.63. The van der Waals surface area contributed by atoms with Crippen molar-refractivity contribution in [2.75, 3.05) is 7.11 Å². The maximum atomic E-state index is 11.0. The van der Waals surface area contributed by atoms with Gasteiger partial charge in [-0.05, 0) is 36.8 Å². The molecule has 0 saturated heterocycles. The number of nitrogens with zero attached hydrogens (tertiary/aromatic N) is 1. The fourth-order valence-corrected chi connectivity index (χ4v) is 3.08. The largest absolute Gasteiger partial charge is 0.489 e. The number of hydrogen-bond donors (Lipinski definition) is 1. The van der Waals surface area contributed by atoms with Gasteiger partial charge in [-0.1, -0.05) is 48.4 Å². The molecular weight excluding hydrogens is 378 g/mol. The van der Waals surface area contributed by atoms with Gasteiger partial charge in [0.15, 0.2) is 0 Å². The van der Waals surface area contributed by atoms with Crippen molar-refractivity contribution in [1.82, 2.24) is 4.98 Å². The highest BCUT2D eigenvalue weighted by molar-refractivity contribution is 5.69. The number of carboxylic acids is 1. The molecular formula is C25H23NO4. The average molecular weight is 401 g/mol. The summed E-state index contributed by atoms with van der Waals surface area (Å²) in [5.74, 6) is 5.72. The molecule has 0 radical (unpaired) electrons. The quantitative estimate of drug-likeness (QED) is 0.543. The summed E-state index contributed by atoms with van der Waals surface area (Å²) >= 11 is 0. The van der Waals surface area contributed by atoms with Gasteiger partial charge in [0.2, 0.25) is 5.88 Å². The Morgan fingerprint density at radius 2 is 1.80 bits per heavy atom. The number of carbonyl (C=O) groups is 1. The lowest BCUT2D eigenvalue weighted by molar-refractivity contribution is -0.137. The van der Waals surface area contributed by atoms with Crippen molar-refractivity contribution < 1.29 is 19.4 Å².